The number of esters is 1. The molecule has 8 heteroatoms. The lowest BCUT2D eigenvalue weighted by Gasteiger charge is -2.11. The van der Waals surface area contributed by atoms with Crippen LogP contribution in [0.1, 0.15) is 17.4 Å². The van der Waals surface area contributed by atoms with Crippen molar-refractivity contribution in [2.45, 2.75) is 26.5 Å². The van der Waals surface area contributed by atoms with Gasteiger partial charge in [0.25, 0.3) is 5.56 Å². The van der Waals surface area contributed by atoms with Crippen molar-refractivity contribution in [3.63, 3.8) is 0 Å². The normalized spacial score (nSPS) is 14.1. The maximum atomic E-state index is 12.5. The van der Waals surface area contributed by atoms with E-state index in [1.54, 1.807) is 6.92 Å². The number of aromatic amines is 1. The van der Waals surface area contributed by atoms with Crippen LogP contribution >= 0.6 is 11.3 Å². The molecule has 0 fully saturated rings. The SMILES string of the molecule is CCOC(=O)Cn1c(=O)[nH]c2sc3c(c2c1=O)CCOC3. The second kappa shape index (κ2) is 5.45. The predicted octanol–water partition coefficient (Wildman–Crippen LogP) is 0.387. The molecule has 2 aromatic heterocycles. The number of nitrogens with zero attached hydrogens (tertiary/aromatic N) is 1. The molecule has 1 N–H and O–H groups in total. The smallest absolute Gasteiger partial charge is 0.329 e. The van der Waals surface area contributed by atoms with Gasteiger partial charge in [-0.25, -0.2) is 9.36 Å². The van der Waals surface area contributed by atoms with Crippen molar-refractivity contribution in [1.29, 1.82) is 0 Å². The molecule has 21 heavy (non-hydrogen) atoms. The van der Waals surface area contributed by atoms with E-state index >= 15 is 0 Å². The van der Waals surface area contributed by atoms with Crippen molar-refractivity contribution in [3.05, 3.63) is 31.3 Å². The Bertz CT molecular complexity index is 816. The largest absolute Gasteiger partial charge is 0.465 e. The zero-order chi connectivity index (χ0) is 15.0. The zero-order valence-electron chi connectivity index (χ0n) is 11.4. The van der Waals surface area contributed by atoms with Crippen LogP contribution in [0.15, 0.2) is 9.59 Å². The van der Waals surface area contributed by atoms with Crippen molar-refractivity contribution in [3.8, 4) is 0 Å². The topological polar surface area (TPSA) is 90.4 Å². The zero-order valence-corrected chi connectivity index (χ0v) is 12.2. The first-order chi connectivity index (χ1) is 10.1. The van der Waals surface area contributed by atoms with E-state index in [9.17, 15) is 14.4 Å². The van der Waals surface area contributed by atoms with E-state index in [2.05, 4.69) is 4.98 Å². The maximum Gasteiger partial charge on any atom is 0.329 e. The van der Waals surface area contributed by atoms with E-state index in [1.807, 2.05) is 0 Å². The first-order valence-corrected chi connectivity index (χ1v) is 7.44. The predicted molar refractivity (Wildman–Crippen MR) is 76.7 cm³/mol. The van der Waals surface area contributed by atoms with Crippen LogP contribution in [0.2, 0.25) is 0 Å². The number of hydrogen-bond acceptors (Lipinski definition) is 6. The summed E-state index contributed by atoms with van der Waals surface area (Å²) in [7, 11) is 0. The van der Waals surface area contributed by atoms with E-state index in [-0.39, 0.29) is 13.2 Å². The molecule has 0 bridgehead atoms. The molecule has 7 nitrogen and oxygen atoms in total. The third-order valence-corrected chi connectivity index (χ3v) is 4.46. The monoisotopic (exact) mass is 310 g/mol. The fraction of sp³-hybridized carbons (Fsp3) is 0.462. The molecule has 2 aromatic rings. The molecule has 1 aliphatic rings. The van der Waals surface area contributed by atoms with Gasteiger partial charge in [0.05, 0.1) is 25.2 Å². The Hall–Kier alpha value is -1.93. The van der Waals surface area contributed by atoms with E-state index in [4.69, 9.17) is 9.47 Å². The molecular formula is C13H14N2O5S. The summed E-state index contributed by atoms with van der Waals surface area (Å²) in [6.45, 7) is 2.50. The second-order valence-electron chi connectivity index (χ2n) is 4.64. The Kier molecular flexibility index (Phi) is 3.64. The molecule has 0 spiro atoms. The molecule has 3 rings (SSSR count). The highest BCUT2D eigenvalue weighted by Gasteiger charge is 2.21. The van der Waals surface area contributed by atoms with Crippen molar-refractivity contribution in [2.75, 3.05) is 13.2 Å². The molecule has 0 aromatic carbocycles. The third kappa shape index (κ3) is 2.40. The minimum absolute atomic E-state index is 0.207. The molecule has 0 amide bonds. The molecule has 0 radical (unpaired) electrons. The minimum atomic E-state index is -0.600. The van der Waals surface area contributed by atoms with Gasteiger partial charge in [-0.15, -0.1) is 11.3 Å². The molecule has 112 valence electrons. The second-order valence-corrected chi connectivity index (χ2v) is 5.74. The van der Waals surface area contributed by atoms with Crippen molar-refractivity contribution < 1.29 is 14.3 Å². The van der Waals surface area contributed by atoms with Crippen molar-refractivity contribution >= 4 is 27.5 Å². The molecule has 0 unspecified atom stereocenters. The van der Waals surface area contributed by atoms with Crippen LogP contribution in [0.4, 0.5) is 0 Å². The fourth-order valence-corrected chi connectivity index (χ4v) is 3.58. The lowest BCUT2D eigenvalue weighted by Crippen LogP contribution is -2.37. The Morgan fingerprint density at radius 3 is 3.05 bits per heavy atom. The number of fused-ring (bicyclic) bond motifs is 3. The van der Waals surface area contributed by atoms with Crippen LogP contribution < -0.4 is 11.2 Å². The molecule has 3 heterocycles. The Balaban J connectivity index is 2.16. The van der Waals surface area contributed by atoms with Crippen molar-refractivity contribution in [1.82, 2.24) is 9.55 Å². The van der Waals surface area contributed by atoms with Gasteiger partial charge < -0.3 is 9.47 Å². The van der Waals surface area contributed by atoms with Gasteiger partial charge >= 0.3 is 11.7 Å². The van der Waals surface area contributed by atoms with E-state index < -0.39 is 17.2 Å². The number of H-pyrrole nitrogens is 1. The molecule has 0 saturated carbocycles. The Morgan fingerprint density at radius 2 is 2.29 bits per heavy atom. The third-order valence-electron chi connectivity index (χ3n) is 3.34. The van der Waals surface area contributed by atoms with Gasteiger partial charge in [0.2, 0.25) is 0 Å². The van der Waals surface area contributed by atoms with Gasteiger partial charge in [-0.1, -0.05) is 0 Å². The summed E-state index contributed by atoms with van der Waals surface area (Å²) in [5.41, 5.74) is -0.124. The lowest BCUT2D eigenvalue weighted by atomic mass is 10.1. The van der Waals surface area contributed by atoms with Gasteiger partial charge in [0, 0.05) is 4.88 Å². The number of rotatable bonds is 3. The van der Waals surface area contributed by atoms with Crippen LogP contribution in [0, 0.1) is 0 Å². The number of hydrogen-bond donors (Lipinski definition) is 1. The molecule has 0 atom stereocenters. The van der Waals surface area contributed by atoms with Crippen LogP contribution in [0.25, 0.3) is 10.2 Å². The standard InChI is InChI=1S/C13H14N2O5S/c1-2-20-9(16)5-15-12(17)10-7-3-4-19-6-8(7)21-11(10)14-13(15)18/h2-6H2,1H3,(H,14,18). The first-order valence-electron chi connectivity index (χ1n) is 6.62. The van der Waals surface area contributed by atoms with E-state index in [0.29, 0.717) is 29.9 Å². The summed E-state index contributed by atoms with van der Waals surface area (Å²) in [4.78, 5) is 40.2. The summed E-state index contributed by atoms with van der Waals surface area (Å²) in [5, 5.41) is 0.488. The number of carbonyl (C=O) groups excluding carboxylic acids is 1. The summed E-state index contributed by atoms with van der Waals surface area (Å²) < 4.78 is 11.0. The summed E-state index contributed by atoms with van der Waals surface area (Å²) in [5.74, 6) is -0.600. The van der Waals surface area contributed by atoms with Crippen LogP contribution in [-0.2, 0) is 33.8 Å². The molecule has 0 aliphatic carbocycles. The van der Waals surface area contributed by atoms with Gasteiger partial charge in [-0.2, -0.15) is 0 Å². The van der Waals surface area contributed by atoms with Gasteiger partial charge in [0.1, 0.15) is 11.4 Å². The fourth-order valence-electron chi connectivity index (χ4n) is 2.42. The highest BCUT2D eigenvalue weighted by atomic mass is 32.1. The molecule has 1 aliphatic heterocycles. The Labute approximate surface area is 123 Å². The highest BCUT2D eigenvalue weighted by Crippen LogP contribution is 2.30. The quantitative estimate of drug-likeness (QED) is 0.828. The van der Waals surface area contributed by atoms with Crippen LogP contribution in [-0.4, -0.2) is 28.7 Å². The summed E-state index contributed by atoms with van der Waals surface area (Å²) in [6.07, 6.45) is 0.635. The summed E-state index contributed by atoms with van der Waals surface area (Å²) >= 11 is 1.36. The van der Waals surface area contributed by atoms with Gasteiger partial charge in [-0.05, 0) is 18.9 Å². The number of thiophene rings is 1. The number of aromatic nitrogens is 2. The van der Waals surface area contributed by atoms with E-state index in [0.717, 1.165) is 15.0 Å². The number of carbonyl (C=O) groups is 1. The average Bonchev–Trinajstić information content (AvgIpc) is 2.81. The van der Waals surface area contributed by atoms with E-state index in [1.165, 1.54) is 11.3 Å². The van der Waals surface area contributed by atoms with Gasteiger partial charge in [0.15, 0.2) is 0 Å². The summed E-state index contributed by atoms with van der Waals surface area (Å²) in [6, 6.07) is 0. The lowest BCUT2D eigenvalue weighted by molar-refractivity contribution is -0.143. The van der Waals surface area contributed by atoms with Gasteiger partial charge in [-0.3, -0.25) is 14.6 Å². The van der Waals surface area contributed by atoms with Crippen molar-refractivity contribution in [2.24, 2.45) is 0 Å². The average molecular weight is 310 g/mol. The first kappa shape index (κ1) is 14.0. The highest BCUT2D eigenvalue weighted by molar-refractivity contribution is 7.18. The minimum Gasteiger partial charge on any atom is -0.465 e. The number of nitrogens with one attached hydrogen (secondary N) is 1. The molecular weight excluding hydrogens is 296 g/mol. The van der Waals surface area contributed by atoms with Crippen LogP contribution in [0.3, 0.4) is 0 Å². The molecule has 0 saturated heterocycles. The Morgan fingerprint density at radius 1 is 1.48 bits per heavy atom. The maximum absolute atomic E-state index is 12.5. The van der Waals surface area contributed by atoms with Crippen LogP contribution in [0.5, 0.6) is 0 Å². The number of ether oxygens (including phenoxy) is 2.